The normalized spacial score (nSPS) is 13.0. The first-order valence-electron chi connectivity index (χ1n) is 9.73. The molecule has 4 heterocycles. The summed E-state index contributed by atoms with van der Waals surface area (Å²) >= 11 is 0. The van der Waals surface area contributed by atoms with Crippen molar-refractivity contribution in [3.8, 4) is 22.5 Å². The molecule has 0 saturated carbocycles. The van der Waals surface area contributed by atoms with Gasteiger partial charge in [0.25, 0.3) is 0 Å². The summed E-state index contributed by atoms with van der Waals surface area (Å²) in [6.07, 6.45) is 3.83. The van der Waals surface area contributed by atoms with E-state index in [0.717, 1.165) is 64.1 Å². The van der Waals surface area contributed by atoms with Gasteiger partial charge in [-0.15, -0.1) is 0 Å². The number of benzene rings is 1. The van der Waals surface area contributed by atoms with Crippen LogP contribution in [0.1, 0.15) is 23.4 Å². The number of hydrogen-bond donors (Lipinski definition) is 1. The van der Waals surface area contributed by atoms with Crippen LogP contribution in [0.25, 0.3) is 33.4 Å². The maximum atomic E-state index is 11.2. The van der Waals surface area contributed by atoms with Crippen molar-refractivity contribution in [1.82, 2.24) is 19.7 Å². The largest absolute Gasteiger partial charge is 0.481 e. The van der Waals surface area contributed by atoms with Crippen molar-refractivity contribution in [1.29, 1.82) is 0 Å². The number of carbonyl (C=O) groups is 1. The fraction of sp³-hybridized carbons (Fsp3) is 0.217. The molecule has 0 bridgehead atoms. The van der Waals surface area contributed by atoms with Gasteiger partial charge < -0.3 is 5.11 Å². The molecule has 1 aromatic carbocycles. The molecule has 0 spiro atoms. The Morgan fingerprint density at radius 1 is 1.21 bits per heavy atom. The lowest BCUT2D eigenvalue weighted by Gasteiger charge is -2.10. The number of rotatable bonds is 4. The summed E-state index contributed by atoms with van der Waals surface area (Å²) in [4.78, 5) is 20.4. The lowest BCUT2D eigenvalue weighted by atomic mass is 9.95. The Labute approximate surface area is 167 Å². The maximum absolute atomic E-state index is 11.2. The number of hydrogen-bond acceptors (Lipinski definition) is 4. The Bertz CT molecular complexity index is 1260. The molecule has 29 heavy (non-hydrogen) atoms. The lowest BCUT2D eigenvalue weighted by Crippen LogP contribution is -2.00. The van der Waals surface area contributed by atoms with Crippen LogP contribution in [0, 0.1) is 6.92 Å². The zero-order chi connectivity index (χ0) is 20.0. The van der Waals surface area contributed by atoms with Crippen LogP contribution < -0.4 is 0 Å². The first-order chi connectivity index (χ1) is 14.1. The van der Waals surface area contributed by atoms with Gasteiger partial charge in [0.1, 0.15) is 5.69 Å². The lowest BCUT2D eigenvalue weighted by molar-refractivity contribution is -0.136. The molecule has 4 aromatic rings. The Morgan fingerprint density at radius 3 is 2.93 bits per heavy atom. The van der Waals surface area contributed by atoms with E-state index in [1.54, 1.807) is 6.20 Å². The van der Waals surface area contributed by atoms with E-state index in [0.29, 0.717) is 0 Å². The fourth-order valence-electron chi connectivity index (χ4n) is 4.17. The highest BCUT2D eigenvalue weighted by atomic mass is 16.4. The van der Waals surface area contributed by atoms with Crippen LogP contribution in [0.2, 0.25) is 0 Å². The van der Waals surface area contributed by atoms with Gasteiger partial charge in [-0.25, -0.2) is 0 Å². The SMILES string of the molecule is Cc1cccc(-c2nn3c(c2-c2ccnc4ccc(CC(=O)O)cc24)CCC3)n1. The van der Waals surface area contributed by atoms with Gasteiger partial charge in [-0.2, -0.15) is 5.10 Å². The maximum Gasteiger partial charge on any atom is 0.307 e. The van der Waals surface area contributed by atoms with Crippen molar-refractivity contribution in [2.45, 2.75) is 32.7 Å². The van der Waals surface area contributed by atoms with E-state index < -0.39 is 5.97 Å². The predicted molar refractivity (Wildman–Crippen MR) is 111 cm³/mol. The monoisotopic (exact) mass is 384 g/mol. The number of pyridine rings is 2. The molecule has 0 aliphatic carbocycles. The van der Waals surface area contributed by atoms with Crippen LogP contribution in [0.15, 0.2) is 48.7 Å². The van der Waals surface area contributed by atoms with E-state index >= 15 is 0 Å². The third kappa shape index (κ3) is 3.06. The number of aryl methyl sites for hydroxylation is 2. The predicted octanol–water partition coefficient (Wildman–Crippen LogP) is 4.04. The third-order valence-corrected chi connectivity index (χ3v) is 5.40. The summed E-state index contributed by atoms with van der Waals surface area (Å²) < 4.78 is 2.09. The van der Waals surface area contributed by atoms with E-state index in [2.05, 4.69) is 9.67 Å². The standard InChI is InChI=1S/C23H20N4O2/c1-14-4-2-5-19(25-14)23-22(20-6-3-11-27(20)26-23)16-9-10-24-18-8-7-15(12-17(16)18)13-21(28)29/h2,4-5,7-10,12H,3,6,11,13H2,1H3,(H,28,29). The van der Waals surface area contributed by atoms with Crippen molar-refractivity contribution in [3.05, 3.63) is 65.6 Å². The number of fused-ring (bicyclic) bond motifs is 2. The zero-order valence-corrected chi connectivity index (χ0v) is 16.1. The van der Waals surface area contributed by atoms with Crippen molar-refractivity contribution in [2.75, 3.05) is 0 Å². The summed E-state index contributed by atoms with van der Waals surface area (Å²) in [6, 6.07) is 13.6. The minimum atomic E-state index is -0.842. The molecule has 6 heteroatoms. The summed E-state index contributed by atoms with van der Waals surface area (Å²) in [7, 11) is 0. The number of aliphatic carboxylic acids is 1. The van der Waals surface area contributed by atoms with Gasteiger partial charge in [0.15, 0.2) is 0 Å². The smallest absolute Gasteiger partial charge is 0.307 e. The highest BCUT2D eigenvalue weighted by Gasteiger charge is 2.25. The van der Waals surface area contributed by atoms with E-state index in [4.69, 9.17) is 10.1 Å². The molecule has 3 aromatic heterocycles. The molecule has 1 N–H and O–H groups in total. The summed E-state index contributed by atoms with van der Waals surface area (Å²) in [6.45, 7) is 2.88. The van der Waals surface area contributed by atoms with Crippen LogP contribution in [0.4, 0.5) is 0 Å². The first kappa shape index (κ1) is 17.6. The molecule has 0 atom stereocenters. The Morgan fingerprint density at radius 2 is 2.10 bits per heavy atom. The minimum Gasteiger partial charge on any atom is -0.481 e. The summed E-state index contributed by atoms with van der Waals surface area (Å²) in [5.41, 5.74) is 7.61. The molecule has 0 unspecified atom stereocenters. The van der Waals surface area contributed by atoms with Gasteiger partial charge in [-0.1, -0.05) is 12.1 Å². The zero-order valence-electron chi connectivity index (χ0n) is 16.1. The number of nitrogens with zero attached hydrogens (tertiary/aromatic N) is 4. The Hall–Kier alpha value is -3.54. The second-order valence-corrected chi connectivity index (χ2v) is 7.44. The minimum absolute atomic E-state index is 0.0112. The molecule has 1 aliphatic rings. The highest BCUT2D eigenvalue weighted by Crippen LogP contribution is 2.39. The molecule has 0 saturated heterocycles. The van der Waals surface area contributed by atoms with Crippen molar-refractivity contribution >= 4 is 16.9 Å². The van der Waals surface area contributed by atoms with Gasteiger partial charge in [0.05, 0.1) is 17.6 Å². The van der Waals surface area contributed by atoms with Gasteiger partial charge in [0, 0.05) is 35.1 Å². The molecular weight excluding hydrogens is 364 g/mol. The van der Waals surface area contributed by atoms with Gasteiger partial charge in [-0.05, 0) is 61.2 Å². The van der Waals surface area contributed by atoms with E-state index in [1.807, 2.05) is 49.4 Å². The van der Waals surface area contributed by atoms with Crippen LogP contribution >= 0.6 is 0 Å². The second kappa shape index (κ2) is 6.81. The average molecular weight is 384 g/mol. The van der Waals surface area contributed by atoms with Crippen molar-refractivity contribution in [2.24, 2.45) is 0 Å². The molecule has 0 fully saturated rings. The topological polar surface area (TPSA) is 80.9 Å². The molecule has 6 nitrogen and oxygen atoms in total. The Kier molecular flexibility index (Phi) is 4.12. The van der Waals surface area contributed by atoms with Crippen LogP contribution in [0.5, 0.6) is 0 Å². The van der Waals surface area contributed by atoms with Gasteiger partial charge in [-0.3, -0.25) is 19.4 Å². The summed E-state index contributed by atoms with van der Waals surface area (Å²) in [5.74, 6) is -0.842. The van der Waals surface area contributed by atoms with Gasteiger partial charge >= 0.3 is 5.97 Å². The van der Waals surface area contributed by atoms with Crippen LogP contribution in [-0.2, 0) is 24.2 Å². The molecule has 0 radical (unpaired) electrons. The molecule has 5 rings (SSSR count). The van der Waals surface area contributed by atoms with Gasteiger partial charge in [0.2, 0.25) is 0 Å². The average Bonchev–Trinajstić information content (AvgIpc) is 3.28. The third-order valence-electron chi connectivity index (χ3n) is 5.40. The first-order valence-corrected chi connectivity index (χ1v) is 9.73. The fourth-order valence-corrected chi connectivity index (χ4v) is 4.17. The summed E-state index contributed by atoms with van der Waals surface area (Å²) in [5, 5.41) is 15.0. The second-order valence-electron chi connectivity index (χ2n) is 7.44. The van der Waals surface area contributed by atoms with Crippen molar-refractivity contribution < 1.29 is 9.90 Å². The molecule has 1 aliphatic heterocycles. The number of carboxylic acids is 1. The quantitative estimate of drug-likeness (QED) is 0.574. The van der Waals surface area contributed by atoms with Crippen molar-refractivity contribution in [3.63, 3.8) is 0 Å². The van der Waals surface area contributed by atoms with E-state index in [-0.39, 0.29) is 6.42 Å². The van der Waals surface area contributed by atoms with E-state index in [9.17, 15) is 9.90 Å². The number of carboxylic acid groups (broad SMARTS) is 1. The highest BCUT2D eigenvalue weighted by molar-refractivity contribution is 5.99. The molecule has 144 valence electrons. The number of aromatic nitrogens is 4. The molecule has 0 amide bonds. The Balaban J connectivity index is 1.78. The van der Waals surface area contributed by atoms with Crippen LogP contribution in [0.3, 0.4) is 0 Å². The van der Waals surface area contributed by atoms with Crippen LogP contribution in [-0.4, -0.2) is 30.8 Å². The van der Waals surface area contributed by atoms with E-state index in [1.165, 1.54) is 5.69 Å². The molecular formula is C23H20N4O2.